The van der Waals surface area contributed by atoms with Gasteiger partial charge < -0.3 is 10.9 Å². The number of nitrogens with zero attached hydrogens (tertiary/aromatic N) is 2. The largest absolute Gasteiger partial charge is 0.618 e. The second-order valence-electron chi connectivity index (χ2n) is 4.46. The average Bonchev–Trinajstić information content (AvgIpc) is 2.33. The highest BCUT2D eigenvalue weighted by Gasteiger charge is 2.31. The van der Waals surface area contributed by atoms with Gasteiger partial charge >= 0.3 is 5.91 Å². The number of primary amides is 1. The summed E-state index contributed by atoms with van der Waals surface area (Å²) in [6, 6.07) is 1.80. The molecule has 1 aromatic heterocycles. The minimum Gasteiger partial charge on any atom is -0.618 e. The molecule has 5 heteroatoms. The second kappa shape index (κ2) is 5.35. The Morgan fingerprint density at radius 3 is 2.22 bits per heavy atom. The molecule has 0 aromatic carbocycles. The molecule has 1 rings (SSSR count). The molecule has 0 saturated carbocycles. The summed E-state index contributed by atoms with van der Waals surface area (Å²) in [6.07, 6.45) is 1.37. The van der Waals surface area contributed by atoms with Crippen LogP contribution in [0.4, 0.5) is 5.69 Å². The zero-order valence-electron chi connectivity index (χ0n) is 11.6. The van der Waals surface area contributed by atoms with E-state index in [1.54, 1.807) is 13.0 Å². The molecule has 2 N–H and O–H groups in total. The molecule has 100 valence electrons. The molecule has 0 spiro atoms. The van der Waals surface area contributed by atoms with Crippen molar-refractivity contribution in [1.82, 2.24) is 4.48 Å². The van der Waals surface area contributed by atoms with E-state index in [1.165, 1.54) is 6.20 Å². The number of pyridine rings is 1. The first kappa shape index (κ1) is 14.4. The maximum atomic E-state index is 11.6. The lowest BCUT2D eigenvalue weighted by Crippen LogP contribution is -2.50. The van der Waals surface area contributed by atoms with Crippen LogP contribution in [0.5, 0.6) is 0 Å². The fourth-order valence-electron chi connectivity index (χ4n) is 2.61. The lowest BCUT2D eigenvalue weighted by atomic mass is 10.1. The number of quaternary nitrogens is 1. The summed E-state index contributed by atoms with van der Waals surface area (Å²) in [7, 11) is 0. The summed E-state index contributed by atoms with van der Waals surface area (Å²) >= 11 is 0. The molecule has 0 aliphatic carbocycles. The number of aromatic nitrogens is 1. The van der Waals surface area contributed by atoms with Crippen molar-refractivity contribution in [3.05, 3.63) is 28.7 Å². The average molecular weight is 252 g/mol. The molecule has 1 heterocycles. The summed E-state index contributed by atoms with van der Waals surface area (Å²) in [5, 5.41) is 11.6. The molecule has 0 atom stereocenters. The summed E-state index contributed by atoms with van der Waals surface area (Å²) in [6.45, 7) is 10.8. The van der Waals surface area contributed by atoms with Crippen molar-refractivity contribution in [2.75, 3.05) is 19.6 Å². The van der Waals surface area contributed by atoms with E-state index in [0.717, 1.165) is 29.8 Å². The Kier molecular flexibility index (Phi) is 4.29. The topological polar surface area (TPSA) is 70.0 Å². The first-order valence-corrected chi connectivity index (χ1v) is 6.32. The molecule has 18 heavy (non-hydrogen) atoms. The molecule has 0 radical (unpaired) electrons. The van der Waals surface area contributed by atoms with Crippen LogP contribution in [0.1, 0.15) is 36.8 Å². The van der Waals surface area contributed by atoms with Gasteiger partial charge in [-0.3, -0.25) is 9.28 Å². The van der Waals surface area contributed by atoms with Gasteiger partial charge in [0.1, 0.15) is 5.69 Å². The molecule has 1 amide bonds. The van der Waals surface area contributed by atoms with Gasteiger partial charge in [0.05, 0.1) is 31.3 Å². The van der Waals surface area contributed by atoms with Crippen LogP contribution in [0.15, 0.2) is 12.3 Å². The van der Waals surface area contributed by atoms with Crippen LogP contribution >= 0.6 is 0 Å². The third-order valence-corrected chi connectivity index (χ3v) is 3.89. The van der Waals surface area contributed by atoms with Gasteiger partial charge in [-0.2, -0.15) is 4.73 Å². The Hall–Kier alpha value is -1.62. The van der Waals surface area contributed by atoms with Crippen molar-refractivity contribution >= 4 is 11.6 Å². The highest BCUT2D eigenvalue weighted by atomic mass is 16.5. The highest BCUT2D eigenvalue weighted by Crippen LogP contribution is 2.27. The van der Waals surface area contributed by atoms with Gasteiger partial charge in [-0.25, -0.2) is 0 Å². The van der Waals surface area contributed by atoms with E-state index in [4.69, 9.17) is 5.73 Å². The molecule has 0 saturated heterocycles. The normalized spacial score (nSPS) is 11.6. The SMILES string of the molecule is CC[N+](CC)(CC)c1cc[n+]([O-])c(C(N)=O)c1C. The standard InChI is InChI=1S/C13H21N3O2/c1-5-16(6-2,7-3)11-8-9-15(18)12(10(11)4)13(14)17/h8-9H,5-7H2,1-4H3,(H-,14,17)/p+1. The zero-order chi connectivity index (χ0) is 13.9. The molecule has 0 aliphatic rings. The van der Waals surface area contributed by atoms with Crippen molar-refractivity contribution in [1.29, 1.82) is 0 Å². The van der Waals surface area contributed by atoms with Crippen molar-refractivity contribution in [3.8, 4) is 0 Å². The van der Waals surface area contributed by atoms with Crippen molar-refractivity contribution in [3.63, 3.8) is 0 Å². The lowest BCUT2D eigenvalue weighted by molar-refractivity contribution is -0.608. The number of hydrogen-bond acceptors (Lipinski definition) is 2. The van der Waals surface area contributed by atoms with Crippen LogP contribution in [0.2, 0.25) is 0 Å². The van der Waals surface area contributed by atoms with E-state index in [2.05, 4.69) is 20.8 Å². The van der Waals surface area contributed by atoms with Gasteiger partial charge in [0, 0.05) is 0 Å². The summed E-state index contributed by atoms with van der Waals surface area (Å²) in [5.41, 5.74) is 7.02. The van der Waals surface area contributed by atoms with Gasteiger partial charge in [-0.1, -0.05) is 0 Å². The summed E-state index contributed by atoms with van der Waals surface area (Å²) in [5.74, 6) is -0.675. The monoisotopic (exact) mass is 252 g/mol. The quantitative estimate of drug-likeness (QED) is 0.484. The van der Waals surface area contributed by atoms with Crippen LogP contribution in [0, 0.1) is 12.1 Å². The predicted octanol–water partition coefficient (Wildman–Crippen LogP) is 1.09. The second-order valence-corrected chi connectivity index (χ2v) is 4.46. The van der Waals surface area contributed by atoms with Gasteiger partial charge in [0.25, 0.3) is 5.69 Å². The Morgan fingerprint density at radius 2 is 1.83 bits per heavy atom. The minimum atomic E-state index is -0.675. The fourth-order valence-corrected chi connectivity index (χ4v) is 2.61. The number of carbonyl (C=O) groups excluding carboxylic acids is 1. The van der Waals surface area contributed by atoms with E-state index in [0.29, 0.717) is 10.3 Å². The van der Waals surface area contributed by atoms with E-state index >= 15 is 0 Å². The van der Waals surface area contributed by atoms with Crippen molar-refractivity contribution in [2.45, 2.75) is 27.7 Å². The van der Waals surface area contributed by atoms with Crippen LogP contribution in [0.3, 0.4) is 0 Å². The van der Waals surface area contributed by atoms with Gasteiger partial charge in [0.2, 0.25) is 0 Å². The van der Waals surface area contributed by atoms with E-state index < -0.39 is 5.91 Å². The summed E-state index contributed by atoms with van der Waals surface area (Å²) in [4.78, 5) is 11.4. The lowest BCUT2D eigenvalue weighted by Gasteiger charge is -2.36. The zero-order valence-corrected chi connectivity index (χ0v) is 11.6. The molecule has 0 fully saturated rings. The number of nitrogens with two attached hydrogens (primary N) is 1. The van der Waals surface area contributed by atoms with Crippen LogP contribution < -0.4 is 14.9 Å². The van der Waals surface area contributed by atoms with Crippen LogP contribution in [0.25, 0.3) is 0 Å². The Morgan fingerprint density at radius 1 is 1.33 bits per heavy atom. The molecular formula is C13H22N3O2+. The first-order chi connectivity index (χ1) is 8.43. The molecular weight excluding hydrogens is 230 g/mol. The van der Waals surface area contributed by atoms with Gasteiger partial charge in [0.15, 0.2) is 6.20 Å². The van der Waals surface area contributed by atoms with Crippen molar-refractivity contribution < 1.29 is 9.52 Å². The third-order valence-electron chi connectivity index (χ3n) is 3.89. The first-order valence-electron chi connectivity index (χ1n) is 6.32. The Bertz CT molecular complexity index is 446. The molecule has 0 unspecified atom stereocenters. The maximum absolute atomic E-state index is 11.6. The van der Waals surface area contributed by atoms with Gasteiger partial charge in [-0.05, 0) is 27.7 Å². The number of carbonyl (C=O) groups is 1. The maximum Gasteiger partial charge on any atom is 0.315 e. The number of hydrogen-bond donors (Lipinski definition) is 1. The molecule has 0 bridgehead atoms. The number of rotatable bonds is 5. The number of amides is 1. The Balaban J connectivity index is 3.52. The van der Waals surface area contributed by atoms with Crippen molar-refractivity contribution in [2.24, 2.45) is 5.73 Å². The van der Waals surface area contributed by atoms with E-state index in [9.17, 15) is 10.0 Å². The minimum absolute atomic E-state index is 0.0466. The van der Waals surface area contributed by atoms with Crippen LogP contribution in [-0.4, -0.2) is 25.5 Å². The predicted molar refractivity (Wildman–Crippen MR) is 72.1 cm³/mol. The van der Waals surface area contributed by atoms with E-state index in [1.807, 2.05) is 0 Å². The van der Waals surface area contributed by atoms with E-state index in [-0.39, 0.29) is 5.69 Å². The summed E-state index contributed by atoms with van der Waals surface area (Å²) < 4.78 is 1.30. The fraction of sp³-hybridized carbons (Fsp3) is 0.538. The van der Waals surface area contributed by atoms with Gasteiger partial charge in [-0.15, -0.1) is 0 Å². The third kappa shape index (κ3) is 2.18. The molecule has 0 aliphatic heterocycles. The van der Waals surface area contributed by atoms with Crippen LogP contribution in [-0.2, 0) is 0 Å². The smallest absolute Gasteiger partial charge is 0.315 e. The molecule has 5 nitrogen and oxygen atoms in total. The molecule has 1 aromatic rings. The highest BCUT2D eigenvalue weighted by molar-refractivity contribution is 5.92. The Labute approximate surface area is 108 Å².